The van der Waals surface area contributed by atoms with Crippen molar-refractivity contribution in [2.75, 3.05) is 13.1 Å². The number of nitrogens with zero attached hydrogens (tertiary/aromatic N) is 3. The molecule has 16 heavy (non-hydrogen) atoms. The summed E-state index contributed by atoms with van der Waals surface area (Å²) in [5, 5.41) is 7.23. The van der Waals surface area contributed by atoms with Gasteiger partial charge in [-0.1, -0.05) is 11.2 Å². The van der Waals surface area contributed by atoms with Gasteiger partial charge in [-0.15, -0.1) is 0 Å². The molecule has 3 heterocycles. The first-order valence-corrected chi connectivity index (χ1v) is 5.39. The van der Waals surface area contributed by atoms with Gasteiger partial charge in [-0.25, -0.2) is 0 Å². The van der Waals surface area contributed by atoms with E-state index in [1.807, 2.05) is 18.2 Å². The average molecular weight is 216 g/mol. The summed E-state index contributed by atoms with van der Waals surface area (Å²) >= 11 is 0. The first-order chi connectivity index (χ1) is 7.93. The van der Waals surface area contributed by atoms with Crippen molar-refractivity contribution in [3.05, 3.63) is 30.3 Å². The molecule has 2 aromatic heterocycles. The second-order valence-corrected chi connectivity index (χ2v) is 3.86. The number of aromatic nitrogens is 3. The Morgan fingerprint density at radius 1 is 1.38 bits per heavy atom. The molecule has 82 valence electrons. The molecule has 5 heteroatoms. The van der Waals surface area contributed by atoms with E-state index in [9.17, 15) is 0 Å². The van der Waals surface area contributed by atoms with E-state index in [1.165, 1.54) is 0 Å². The van der Waals surface area contributed by atoms with E-state index in [1.54, 1.807) is 6.20 Å². The molecule has 1 atom stereocenters. The molecule has 3 rings (SSSR count). The largest absolute Gasteiger partial charge is 0.339 e. The highest BCUT2D eigenvalue weighted by atomic mass is 16.5. The van der Waals surface area contributed by atoms with Gasteiger partial charge in [0.15, 0.2) is 0 Å². The van der Waals surface area contributed by atoms with Crippen LogP contribution in [0, 0.1) is 0 Å². The lowest BCUT2D eigenvalue weighted by atomic mass is 10.1. The summed E-state index contributed by atoms with van der Waals surface area (Å²) in [6.45, 7) is 1.94. The van der Waals surface area contributed by atoms with Crippen LogP contribution >= 0.6 is 0 Å². The van der Waals surface area contributed by atoms with Crippen molar-refractivity contribution in [3.8, 4) is 11.5 Å². The van der Waals surface area contributed by atoms with Gasteiger partial charge in [0, 0.05) is 12.7 Å². The quantitative estimate of drug-likeness (QED) is 0.817. The zero-order chi connectivity index (χ0) is 10.8. The van der Waals surface area contributed by atoms with Crippen LogP contribution in [-0.2, 0) is 0 Å². The number of rotatable bonds is 2. The fourth-order valence-corrected chi connectivity index (χ4v) is 1.87. The predicted octanol–water partition coefficient (Wildman–Crippen LogP) is 1.21. The summed E-state index contributed by atoms with van der Waals surface area (Å²) in [4.78, 5) is 8.57. The molecule has 0 bridgehead atoms. The summed E-state index contributed by atoms with van der Waals surface area (Å²) in [6.07, 6.45) is 2.78. The maximum absolute atomic E-state index is 5.26. The van der Waals surface area contributed by atoms with Crippen LogP contribution in [0.4, 0.5) is 0 Å². The smallest absolute Gasteiger partial charge is 0.231 e. The molecule has 0 unspecified atom stereocenters. The Bertz CT molecular complexity index is 462. The van der Waals surface area contributed by atoms with E-state index in [0.29, 0.717) is 17.6 Å². The van der Waals surface area contributed by atoms with Gasteiger partial charge in [-0.2, -0.15) is 4.98 Å². The fourth-order valence-electron chi connectivity index (χ4n) is 1.87. The van der Waals surface area contributed by atoms with Gasteiger partial charge in [0.25, 0.3) is 0 Å². The molecule has 0 aliphatic carbocycles. The van der Waals surface area contributed by atoms with Crippen LogP contribution < -0.4 is 5.32 Å². The minimum atomic E-state index is 0.352. The number of nitrogens with one attached hydrogen (secondary N) is 1. The number of hydrogen-bond acceptors (Lipinski definition) is 5. The van der Waals surface area contributed by atoms with Gasteiger partial charge in [-0.05, 0) is 25.1 Å². The molecule has 1 N–H and O–H groups in total. The summed E-state index contributed by atoms with van der Waals surface area (Å²) in [6, 6.07) is 5.66. The Labute approximate surface area is 92.9 Å². The van der Waals surface area contributed by atoms with Gasteiger partial charge >= 0.3 is 0 Å². The van der Waals surface area contributed by atoms with Gasteiger partial charge in [0.2, 0.25) is 11.7 Å². The molecule has 2 aromatic rings. The minimum absolute atomic E-state index is 0.352. The van der Waals surface area contributed by atoms with E-state index in [2.05, 4.69) is 20.4 Å². The SMILES string of the molecule is c1ccc(-c2noc([C@H]3CCNC3)n2)nc1. The third-order valence-corrected chi connectivity index (χ3v) is 2.75. The monoisotopic (exact) mass is 216 g/mol. The summed E-state index contributed by atoms with van der Waals surface area (Å²) in [5.74, 6) is 1.64. The van der Waals surface area contributed by atoms with Crippen molar-refractivity contribution in [1.29, 1.82) is 0 Å². The standard InChI is InChI=1S/C11H12N4O/c1-2-5-13-9(3-1)10-14-11(16-15-10)8-4-6-12-7-8/h1-3,5,8,12H,4,6-7H2/t8-/m0/s1. The van der Waals surface area contributed by atoms with Crippen LogP contribution in [0.2, 0.25) is 0 Å². The first kappa shape index (κ1) is 9.47. The van der Waals surface area contributed by atoms with Crippen molar-refractivity contribution in [2.45, 2.75) is 12.3 Å². The molecule has 1 saturated heterocycles. The van der Waals surface area contributed by atoms with E-state index in [0.717, 1.165) is 25.2 Å². The normalized spacial score (nSPS) is 20.1. The number of hydrogen-bond donors (Lipinski definition) is 1. The van der Waals surface area contributed by atoms with Crippen molar-refractivity contribution >= 4 is 0 Å². The van der Waals surface area contributed by atoms with Gasteiger partial charge in [0.05, 0.1) is 5.92 Å². The highest BCUT2D eigenvalue weighted by Gasteiger charge is 2.23. The van der Waals surface area contributed by atoms with Crippen molar-refractivity contribution in [3.63, 3.8) is 0 Å². The lowest BCUT2D eigenvalue weighted by Crippen LogP contribution is -2.08. The Morgan fingerprint density at radius 2 is 2.38 bits per heavy atom. The Morgan fingerprint density at radius 3 is 3.12 bits per heavy atom. The lowest BCUT2D eigenvalue weighted by Gasteiger charge is -1.98. The van der Waals surface area contributed by atoms with E-state index < -0.39 is 0 Å². The minimum Gasteiger partial charge on any atom is -0.339 e. The summed E-state index contributed by atoms with van der Waals surface area (Å²) < 4.78 is 5.26. The molecular weight excluding hydrogens is 204 g/mol. The van der Waals surface area contributed by atoms with Crippen molar-refractivity contribution in [2.24, 2.45) is 0 Å². The molecule has 0 amide bonds. The molecule has 1 fully saturated rings. The molecule has 5 nitrogen and oxygen atoms in total. The molecule has 0 saturated carbocycles. The van der Waals surface area contributed by atoms with E-state index in [-0.39, 0.29) is 0 Å². The highest BCUT2D eigenvalue weighted by molar-refractivity contribution is 5.47. The van der Waals surface area contributed by atoms with Gasteiger partial charge < -0.3 is 9.84 Å². The molecular formula is C11H12N4O. The average Bonchev–Trinajstić information content (AvgIpc) is 3.01. The number of pyridine rings is 1. The lowest BCUT2D eigenvalue weighted by molar-refractivity contribution is 0.359. The maximum atomic E-state index is 5.26. The van der Waals surface area contributed by atoms with Crippen molar-refractivity contribution < 1.29 is 4.52 Å². The Hall–Kier alpha value is -1.75. The third-order valence-electron chi connectivity index (χ3n) is 2.75. The van der Waals surface area contributed by atoms with Crippen LogP contribution in [0.25, 0.3) is 11.5 Å². The van der Waals surface area contributed by atoms with Crippen molar-refractivity contribution in [1.82, 2.24) is 20.4 Å². The van der Waals surface area contributed by atoms with E-state index >= 15 is 0 Å². The molecule has 0 radical (unpaired) electrons. The van der Waals surface area contributed by atoms with Crippen LogP contribution in [-0.4, -0.2) is 28.2 Å². The Kier molecular flexibility index (Phi) is 2.38. The third kappa shape index (κ3) is 1.69. The zero-order valence-electron chi connectivity index (χ0n) is 8.76. The molecule has 0 aromatic carbocycles. The molecule has 0 spiro atoms. The second kappa shape index (κ2) is 4.02. The topological polar surface area (TPSA) is 63.8 Å². The highest BCUT2D eigenvalue weighted by Crippen LogP contribution is 2.22. The van der Waals surface area contributed by atoms with Crippen LogP contribution in [0.3, 0.4) is 0 Å². The summed E-state index contributed by atoms with van der Waals surface area (Å²) in [7, 11) is 0. The van der Waals surface area contributed by atoms with Crippen LogP contribution in [0.1, 0.15) is 18.2 Å². The van der Waals surface area contributed by atoms with Gasteiger partial charge in [0.1, 0.15) is 5.69 Å². The van der Waals surface area contributed by atoms with Crippen LogP contribution in [0.15, 0.2) is 28.9 Å². The molecule has 1 aliphatic heterocycles. The predicted molar refractivity (Wildman–Crippen MR) is 57.8 cm³/mol. The first-order valence-electron chi connectivity index (χ1n) is 5.39. The maximum Gasteiger partial charge on any atom is 0.231 e. The fraction of sp³-hybridized carbons (Fsp3) is 0.364. The van der Waals surface area contributed by atoms with Gasteiger partial charge in [-0.3, -0.25) is 4.98 Å². The summed E-state index contributed by atoms with van der Waals surface area (Å²) in [5.41, 5.74) is 0.753. The van der Waals surface area contributed by atoms with Crippen LogP contribution in [0.5, 0.6) is 0 Å². The Balaban J connectivity index is 1.87. The zero-order valence-corrected chi connectivity index (χ0v) is 8.76. The second-order valence-electron chi connectivity index (χ2n) is 3.86. The molecule has 1 aliphatic rings. The van der Waals surface area contributed by atoms with E-state index in [4.69, 9.17) is 4.52 Å².